The van der Waals surface area contributed by atoms with E-state index in [4.69, 9.17) is 34.8 Å². The molecule has 21 heavy (non-hydrogen) atoms. The molecule has 0 aliphatic carbocycles. The molecule has 2 aromatic carbocycles. The van der Waals surface area contributed by atoms with Gasteiger partial charge in [0.1, 0.15) is 0 Å². The molecular formula is C17H18Cl3N. The summed E-state index contributed by atoms with van der Waals surface area (Å²) in [5, 5.41) is 5.05. The number of halogens is 3. The van der Waals surface area contributed by atoms with Gasteiger partial charge in [-0.1, -0.05) is 73.8 Å². The predicted octanol–water partition coefficient (Wildman–Crippen LogP) is 6.56. The monoisotopic (exact) mass is 341 g/mol. The fourth-order valence-electron chi connectivity index (χ4n) is 2.21. The third kappa shape index (κ3) is 3.85. The normalized spacial score (nSPS) is 11.5. The summed E-state index contributed by atoms with van der Waals surface area (Å²) < 4.78 is 0. The van der Waals surface area contributed by atoms with Crippen molar-refractivity contribution in [2.75, 3.05) is 5.32 Å². The molecule has 112 valence electrons. The van der Waals surface area contributed by atoms with Crippen LogP contribution in [0.3, 0.4) is 0 Å². The van der Waals surface area contributed by atoms with E-state index in [1.165, 1.54) is 5.56 Å². The zero-order valence-corrected chi connectivity index (χ0v) is 14.6. The summed E-state index contributed by atoms with van der Waals surface area (Å²) in [6.07, 6.45) is 0. The van der Waals surface area contributed by atoms with Crippen LogP contribution in [-0.2, 0) is 12.0 Å². The zero-order chi connectivity index (χ0) is 15.6. The molecule has 0 bridgehead atoms. The van der Waals surface area contributed by atoms with Gasteiger partial charge in [0.05, 0.1) is 10.0 Å². The first kappa shape index (κ1) is 16.5. The molecule has 2 rings (SSSR count). The SMILES string of the molecule is CC(C)(C)c1ccccc1NCc1c(Cl)ccc(Cl)c1Cl. The lowest BCUT2D eigenvalue weighted by Gasteiger charge is -2.23. The van der Waals surface area contributed by atoms with Crippen LogP contribution in [0, 0.1) is 0 Å². The minimum Gasteiger partial charge on any atom is -0.381 e. The lowest BCUT2D eigenvalue weighted by Crippen LogP contribution is -2.15. The van der Waals surface area contributed by atoms with Crippen LogP contribution >= 0.6 is 34.8 Å². The molecule has 0 aromatic heterocycles. The van der Waals surface area contributed by atoms with Gasteiger partial charge in [0.25, 0.3) is 0 Å². The van der Waals surface area contributed by atoms with Crippen LogP contribution in [0.2, 0.25) is 15.1 Å². The summed E-state index contributed by atoms with van der Waals surface area (Å²) in [5.41, 5.74) is 3.21. The standard InChI is InChI=1S/C17H18Cl3N/c1-17(2,3)12-6-4-5-7-15(12)21-10-11-13(18)8-9-14(19)16(11)20/h4-9,21H,10H2,1-3H3. The van der Waals surface area contributed by atoms with Gasteiger partial charge in [0.2, 0.25) is 0 Å². The summed E-state index contributed by atoms with van der Waals surface area (Å²) >= 11 is 18.5. The Balaban J connectivity index is 2.28. The van der Waals surface area contributed by atoms with Gasteiger partial charge in [-0.2, -0.15) is 0 Å². The average molecular weight is 343 g/mol. The Morgan fingerprint density at radius 1 is 0.905 bits per heavy atom. The maximum absolute atomic E-state index is 6.24. The van der Waals surface area contributed by atoms with Crippen LogP contribution in [-0.4, -0.2) is 0 Å². The number of hydrogen-bond acceptors (Lipinski definition) is 1. The molecule has 4 heteroatoms. The lowest BCUT2D eigenvalue weighted by molar-refractivity contribution is 0.591. The Bertz CT molecular complexity index is 645. The van der Waals surface area contributed by atoms with Crippen molar-refractivity contribution >= 4 is 40.5 Å². The van der Waals surface area contributed by atoms with Crippen molar-refractivity contribution in [3.63, 3.8) is 0 Å². The van der Waals surface area contributed by atoms with E-state index in [0.717, 1.165) is 11.3 Å². The quantitative estimate of drug-likeness (QED) is 0.623. The second-order valence-corrected chi connectivity index (χ2v) is 7.16. The van der Waals surface area contributed by atoms with E-state index < -0.39 is 0 Å². The van der Waals surface area contributed by atoms with Gasteiger partial charge in [-0.25, -0.2) is 0 Å². The van der Waals surface area contributed by atoms with Gasteiger partial charge >= 0.3 is 0 Å². The topological polar surface area (TPSA) is 12.0 Å². The van der Waals surface area contributed by atoms with Gasteiger partial charge in [0.15, 0.2) is 0 Å². The highest BCUT2D eigenvalue weighted by Crippen LogP contribution is 2.33. The fraction of sp³-hybridized carbons (Fsp3) is 0.294. The largest absolute Gasteiger partial charge is 0.381 e. The van der Waals surface area contributed by atoms with Crippen molar-refractivity contribution in [2.24, 2.45) is 0 Å². The first-order chi connectivity index (χ1) is 9.80. The van der Waals surface area contributed by atoms with Gasteiger partial charge < -0.3 is 5.32 Å². The number of hydrogen-bond donors (Lipinski definition) is 1. The summed E-state index contributed by atoms with van der Waals surface area (Å²) in [5.74, 6) is 0. The third-order valence-corrected chi connectivity index (χ3v) is 4.53. The van der Waals surface area contributed by atoms with Crippen molar-refractivity contribution < 1.29 is 0 Å². The van der Waals surface area contributed by atoms with E-state index in [0.29, 0.717) is 21.6 Å². The second-order valence-electron chi connectivity index (χ2n) is 5.97. The first-order valence-corrected chi connectivity index (χ1v) is 7.90. The molecule has 2 aromatic rings. The summed E-state index contributed by atoms with van der Waals surface area (Å²) in [7, 11) is 0. The summed E-state index contributed by atoms with van der Waals surface area (Å²) in [6, 6.07) is 11.7. The van der Waals surface area contributed by atoms with Crippen molar-refractivity contribution in [2.45, 2.75) is 32.7 Å². The Hall–Kier alpha value is -0.890. The molecule has 0 fully saturated rings. The molecule has 0 radical (unpaired) electrons. The Labute approximate surface area is 141 Å². The highest BCUT2D eigenvalue weighted by Gasteiger charge is 2.18. The lowest BCUT2D eigenvalue weighted by atomic mass is 9.86. The summed E-state index contributed by atoms with van der Waals surface area (Å²) in [6.45, 7) is 7.10. The molecular weight excluding hydrogens is 325 g/mol. The first-order valence-electron chi connectivity index (χ1n) is 6.76. The molecule has 0 atom stereocenters. The predicted molar refractivity (Wildman–Crippen MR) is 93.9 cm³/mol. The Kier molecular flexibility index (Phi) is 5.08. The van der Waals surface area contributed by atoms with Crippen LogP contribution in [0.5, 0.6) is 0 Å². The van der Waals surface area contributed by atoms with E-state index >= 15 is 0 Å². The number of nitrogens with one attached hydrogen (secondary N) is 1. The van der Waals surface area contributed by atoms with Crippen molar-refractivity contribution in [1.29, 1.82) is 0 Å². The maximum Gasteiger partial charge on any atom is 0.0657 e. The highest BCUT2D eigenvalue weighted by molar-refractivity contribution is 6.44. The molecule has 1 N–H and O–H groups in total. The summed E-state index contributed by atoms with van der Waals surface area (Å²) in [4.78, 5) is 0. The molecule has 0 saturated heterocycles. The maximum atomic E-state index is 6.24. The van der Waals surface area contributed by atoms with Crippen LogP contribution in [0.25, 0.3) is 0 Å². The van der Waals surface area contributed by atoms with Crippen LogP contribution in [0.15, 0.2) is 36.4 Å². The Morgan fingerprint density at radius 2 is 1.52 bits per heavy atom. The molecule has 0 heterocycles. The van der Waals surface area contributed by atoms with Crippen molar-refractivity contribution in [3.8, 4) is 0 Å². The van der Waals surface area contributed by atoms with Gasteiger partial charge in [0, 0.05) is 22.8 Å². The van der Waals surface area contributed by atoms with E-state index in [9.17, 15) is 0 Å². The van der Waals surface area contributed by atoms with Crippen LogP contribution in [0.1, 0.15) is 31.9 Å². The number of rotatable bonds is 3. The molecule has 0 saturated carbocycles. The van der Waals surface area contributed by atoms with E-state index in [1.807, 2.05) is 12.1 Å². The van der Waals surface area contributed by atoms with E-state index in [-0.39, 0.29) is 5.41 Å². The molecule has 0 aliphatic heterocycles. The van der Waals surface area contributed by atoms with Gasteiger partial charge in [-0.3, -0.25) is 0 Å². The fourth-order valence-corrected chi connectivity index (χ4v) is 2.89. The number of para-hydroxylation sites is 1. The van der Waals surface area contributed by atoms with Crippen molar-refractivity contribution in [1.82, 2.24) is 0 Å². The number of benzene rings is 2. The van der Waals surface area contributed by atoms with Crippen LogP contribution < -0.4 is 5.32 Å². The van der Waals surface area contributed by atoms with Gasteiger partial charge in [-0.05, 0) is 29.2 Å². The van der Waals surface area contributed by atoms with E-state index in [1.54, 1.807) is 12.1 Å². The van der Waals surface area contributed by atoms with Gasteiger partial charge in [-0.15, -0.1) is 0 Å². The second kappa shape index (κ2) is 6.48. The highest BCUT2D eigenvalue weighted by atomic mass is 35.5. The van der Waals surface area contributed by atoms with Crippen molar-refractivity contribution in [3.05, 3.63) is 62.6 Å². The average Bonchev–Trinajstić information content (AvgIpc) is 2.42. The molecule has 0 amide bonds. The number of anilines is 1. The minimum absolute atomic E-state index is 0.0610. The zero-order valence-electron chi connectivity index (χ0n) is 12.3. The smallest absolute Gasteiger partial charge is 0.0657 e. The molecule has 0 spiro atoms. The minimum atomic E-state index is 0.0610. The van der Waals surface area contributed by atoms with Crippen LogP contribution in [0.4, 0.5) is 5.69 Å². The Morgan fingerprint density at radius 3 is 2.19 bits per heavy atom. The third-order valence-electron chi connectivity index (χ3n) is 3.33. The molecule has 1 nitrogen and oxygen atoms in total. The molecule has 0 aliphatic rings. The van der Waals surface area contributed by atoms with E-state index in [2.05, 4.69) is 38.2 Å². The molecule has 0 unspecified atom stereocenters.